The largest absolute Gasteiger partial charge is 0.344 e. The number of aryl methyl sites for hydroxylation is 1. The lowest BCUT2D eigenvalue weighted by Crippen LogP contribution is -2.27. The van der Waals surface area contributed by atoms with E-state index in [0.29, 0.717) is 5.69 Å². The van der Waals surface area contributed by atoms with E-state index in [9.17, 15) is 4.79 Å². The van der Waals surface area contributed by atoms with Crippen LogP contribution in [0.5, 0.6) is 0 Å². The molecule has 1 aromatic rings. The van der Waals surface area contributed by atoms with Gasteiger partial charge in [0.25, 0.3) is 5.91 Å². The average Bonchev–Trinajstić information content (AvgIpc) is 2.45. The van der Waals surface area contributed by atoms with Crippen LogP contribution in [0, 0.1) is 6.92 Å². The van der Waals surface area contributed by atoms with Gasteiger partial charge in [-0.25, -0.2) is 5.06 Å². The van der Waals surface area contributed by atoms with Crippen molar-refractivity contribution in [2.45, 2.75) is 6.92 Å². The number of hydrogen-bond donors (Lipinski definition) is 0. The van der Waals surface area contributed by atoms with E-state index in [1.807, 2.05) is 24.6 Å². The topological polar surface area (TPSA) is 34.5 Å². The molecule has 0 aliphatic rings. The van der Waals surface area contributed by atoms with Gasteiger partial charge >= 0.3 is 0 Å². The molecule has 4 nitrogen and oxygen atoms in total. The number of rotatable bonds is 2. The number of hydrogen-bond acceptors (Lipinski definition) is 2. The second-order valence-corrected chi connectivity index (χ2v) is 2.90. The summed E-state index contributed by atoms with van der Waals surface area (Å²) in [6.07, 6.45) is 0. The zero-order valence-corrected chi connectivity index (χ0v) is 8.37. The summed E-state index contributed by atoms with van der Waals surface area (Å²) in [5.74, 6) is -0.141. The molecule has 0 saturated carbocycles. The fraction of sp³-hybridized carbons (Fsp3) is 0.444. The van der Waals surface area contributed by atoms with Crippen molar-refractivity contribution in [2.75, 3.05) is 14.2 Å². The number of hydroxylamine groups is 2. The Bertz CT molecular complexity index is 317. The van der Waals surface area contributed by atoms with E-state index in [4.69, 9.17) is 4.84 Å². The van der Waals surface area contributed by atoms with E-state index < -0.39 is 0 Å². The summed E-state index contributed by atoms with van der Waals surface area (Å²) in [6.45, 7) is 1.95. The zero-order valence-electron chi connectivity index (χ0n) is 8.37. The van der Waals surface area contributed by atoms with Crippen molar-refractivity contribution in [2.24, 2.45) is 7.05 Å². The van der Waals surface area contributed by atoms with Crippen LogP contribution in [0.4, 0.5) is 0 Å². The van der Waals surface area contributed by atoms with Crippen LogP contribution in [0.25, 0.3) is 0 Å². The molecule has 13 heavy (non-hydrogen) atoms. The number of amides is 1. The van der Waals surface area contributed by atoms with Gasteiger partial charge in [-0.1, -0.05) is 0 Å². The smallest absolute Gasteiger partial charge is 0.293 e. The Morgan fingerprint density at radius 2 is 2.15 bits per heavy atom. The summed E-state index contributed by atoms with van der Waals surface area (Å²) in [7, 11) is 4.91. The number of nitrogens with zero attached hydrogens (tertiary/aromatic N) is 2. The van der Waals surface area contributed by atoms with Crippen molar-refractivity contribution in [3.05, 3.63) is 23.5 Å². The Morgan fingerprint density at radius 1 is 1.54 bits per heavy atom. The van der Waals surface area contributed by atoms with Gasteiger partial charge in [-0.05, 0) is 19.1 Å². The molecule has 0 saturated heterocycles. The second kappa shape index (κ2) is 3.62. The molecule has 0 fully saturated rings. The predicted octanol–water partition coefficient (Wildman–Crippen LogP) is 0.967. The Kier molecular flexibility index (Phi) is 2.72. The van der Waals surface area contributed by atoms with E-state index >= 15 is 0 Å². The van der Waals surface area contributed by atoms with E-state index in [-0.39, 0.29) is 5.91 Å². The standard InChI is InChI=1S/C9H14N2O2/c1-7-5-6-8(10(7)2)9(12)11(3)13-4/h5-6H,1-4H3. The van der Waals surface area contributed by atoms with Crippen molar-refractivity contribution in [3.63, 3.8) is 0 Å². The third-order valence-corrected chi connectivity index (χ3v) is 2.15. The van der Waals surface area contributed by atoms with Crippen LogP contribution in [-0.2, 0) is 11.9 Å². The maximum absolute atomic E-state index is 11.6. The minimum absolute atomic E-state index is 0.141. The van der Waals surface area contributed by atoms with Gasteiger partial charge < -0.3 is 4.57 Å². The first-order valence-electron chi connectivity index (χ1n) is 4.02. The SMILES string of the molecule is CON(C)C(=O)c1ccc(C)n1C. The fourth-order valence-corrected chi connectivity index (χ4v) is 1.07. The molecule has 0 bridgehead atoms. The van der Waals surface area contributed by atoms with Crippen LogP contribution in [0.1, 0.15) is 16.2 Å². The van der Waals surface area contributed by atoms with Crippen molar-refractivity contribution < 1.29 is 9.63 Å². The highest BCUT2D eigenvalue weighted by molar-refractivity contribution is 5.92. The minimum atomic E-state index is -0.141. The maximum atomic E-state index is 11.6. The van der Waals surface area contributed by atoms with Gasteiger partial charge in [0.2, 0.25) is 0 Å². The summed E-state index contributed by atoms with van der Waals surface area (Å²) in [5, 5.41) is 1.20. The molecule has 0 aliphatic heterocycles. The normalized spacial score (nSPS) is 10.2. The highest BCUT2D eigenvalue weighted by Gasteiger charge is 2.14. The van der Waals surface area contributed by atoms with E-state index in [1.165, 1.54) is 12.2 Å². The second-order valence-electron chi connectivity index (χ2n) is 2.90. The fourth-order valence-electron chi connectivity index (χ4n) is 1.07. The summed E-state index contributed by atoms with van der Waals surface area (Å²) in [5.41, 5.74) is 1.68. The first-order valence-corrected chi connectivity index (χ1v) is 4.02. The van der Waals surface area contributed by atoms with Crippen molar-refractivity contribution in [1.82, 2.24) is 9.63 Å². The number of carbonyl (C=O) groups is 1. The summed E-state index contributed by atoms with van der Waals surface area (Å²) in [6, 6.07) is 3.68. The van der Waals surface area contributed by atoms with Gasteiger partial charge in [-0.2, -0.15) is 0 Å². The molecule has 0 spiro atoms. The Labute approximate surface area is 77.7 Å². The van der Waals surface area contributed by atoms with Gasteiger partial charge in [0, 0.05) is 19.8 Å². The molecule has 0 unspecified atom stereocenters. The highest BCUT2D eigenvalue weighted by Crippen LogP contribution is 2.08. The third kappa shape index (κ3) is 1.72. The molecular formula is C9H14N2O2. The quantitative estimate of drug-likeness (QED) is 0.639. The maximum Gasteiger partial charge on any atom is 0.293 e. The molecule has 1 heterocycles. The van der Waals surface area contributed by atoms with Crippen molar-refractivity contribution in [1.29, 1.82) is 0 Å². The lowest BCUT2D eigenvalue weighted by Gasteiger charge is -2.14. The molecule has 1 amide bonds. The molecule has 1 aromatic heterocycles. The Hall–Kier alpha value is -1.29. The van der Waals surface area contributed by atoms with Crippen molar-refractivity contribution in [3.8, 4) is 0 Å². The summed E-state index contributed by atoms with van der Waals surface area (Å²) < 4.78 is 1.83. The molecule has 0 radical (unpaired) electrons. The molecule has 72 valence electrons. The number of aromatic nitrogens is 1. The van der Waals surface area contributed by atoms with E-state index in [0.717, 1.165) is 5.69 Å². The van der Waals surface area contributed by atoms with Gasteiger partial charge in [-0.3, -0.25) is 9.63 Å². The molecule has 0 N–H and O–H groups in total. The minimum Gasteiger partial charge on any atom is -0.344 e. The zero-order chi connectivity index (χ0) is 10.0. The van der Waals surface area contributed by atoms with Crippen LogP contribution in [0.15, 0.2) is 12.1 Å². The Morgan fingerprint density at radius 3 is 2.54 bits per heavy atom. The van der Waals surface area contributed by atoms with E-state index in [1.54, 1.807) is 13.1 Å². The molecule has 4 heteroatoms. The summed E-state index contributed by atoms with van der Waals surface area (Å²) >= 11 is 0. The molecular weight excluding hydrogens is 168 g/mol. The monoisotopic (exact) mass is 182 g/mol. The van der Waals surface area contributed by atoms with Crippen LogP contribution < -0.4 is 0 Å². The molecule has 0 aliphatic carbocycles. The van der Waals surface area contributed by atoms with Gasteiger partial charge in [0.1, 0.15) is 5.69 Å². The first kappa shape index (κ1) is 9.80. The highest BCUT2D eigenvalue weighted by atomic mass is 16.7. The van der Waals surface area contributed by atoms with E-state index in [2.05, 4.69) is 0 Å². The predicted molar refractivity (Wildman–Crippen MR) is 49.3 cm³/mol. The lowest BCUT2D eigenvalue weighted by atomic mass is 10.4. The Balaban J connectivity index is 2.95. The van der Waals surface area contributed by atoms with Crippen LogP contribution in [0.2, 0.25) is 0 Å². The lowest BCUT2D eigenvalue weighted by molar-refractivity contribution is -0.0762. The average molecular weight is 182 g/mol. The van der Waals surface area contributed by atoms with Crippen LogP contribution in [-0.4, -0.2) is 29.7 Å². The molecule has 1 rings (SSSR count). The van der Waals surface area contributed by atoms with Gasteiger partial charge in [-0.15, -0.1) is 0 Å². The first-order chi connectivity index (χ1) is 6.07. The third-order valence-electron chi connectivity index (χ3n) is 2.15. The molecule has 0 aromatic carbocycles. The van der Waals surface area contributed by atoms with Crippen molar-refractivity contribution >= 4 is 5.91 Å². The van der Waals surface area contributed by atoms with Gasteiger partial charge in [0.15, 0.2) is 0 Å². The van der Waals surface area contributed by atoms with Crippen LogP contribution >= 0.6 is 0 Å². The molecule has 0 atom stereocenters. The van der Waals surface area contributed by atoms with Gasteiger partial charge in [0.05, 0.1) is 7.11 Å². The summed E-state index contributed by atoms with van der Waals surface area (Å²) in [4.78, 5) is 16.4. The van der Waals surface area contributed by atoms with Crippen LogP contribution in [0.3, 0.4) is 0 Å². The number of carbonyl (C=O) groups excluding carboxylic acids is 1.